The molecule has 1 aliphatic rings. The molecule has 162 valence electrons. The summed E-state index contributed by atoms with van der Waals surface area (Å²) >= 11 is 3.56. The summed E-state index contributed by atoms with van der Waals surface area (Å²) in [5, 5.41) is 3.42. The predicted molar refractivity (Wildman–Crippen MR) is 118 cm³/mol. The van der Waals surface area contributed by atoms with E-state index in [-0.39, 0.29) is 18.3 Å². The van der Waals surface area contributed by atoms with Crippen LogP contribution in [0.1, 0.15) is 37.3 Å². The summed E-state index contributed by atoms with van der Waals surface area (Å²) in [5.74, 6) is 1.17. The van der Waals surface area contributed by atoms with Gasteiger partial charge in [0.05, 0.1) is 11.1 Å². The Morgan fingerprint density at radius 1 is 1.23 bits per heavy atom. The highest BCUT2D eigenvalue weighted by Gasteiger charge is 2.19. The molecule has 1 saturated heterocycles. The SMILES string of the molecule is CCOc1cc(CNCCCN2CCCC2=O)cc(Br)c1OCc1ccccc1F. The van der Waals surface area contributed by atoms with E-state index in [0.29, 0.717) is 36.6 Å². The molecular formula is C23H28BrFN2O3. The number of carbonyl (C=O) groups is 1. The van der Waals surface area contributed by atoms with Crippen LogP contribution in [0.4, 0.5) is 4.39 Å². The molecule has 0 aromatic heterocycles. The summed E-state index contributed by atoms with van der Waals surface area (Å²) < 4.78 is 26.3. The molecule has 7 heteroatoms. The summed E-state index contributed by atoms with van der Waals surface area (Å²) in [7, 11) is 0. The van der Waals surface area contributed by atoms with Crippen LogP contribution >= 0.6 is 15.9 Å². The average Bonchev–Trinajstić information content (AvgIpc) is 3.13. The van der Waals surface area contributed by atoms with Gasteiger partial charge < -0.3 is 19.7 Å². The molecule has 5 nitrogen and oxygen atoms in total. The molecule has 0 bridgehead atoms. The average molecular weight is 479 g/mol. The van der Waals surface area contributed by atoms with E-state index < -0.39 is 0 Å². The molecule has 2 aromatic rings. The first-order chi connectivity index (χ1) is 14.6. The number of amides is 1. The van der Waals surface area contributed by atoms with Crippen molar-refractivity contribution < 1.29 is 18.7 Å². The first-order valence-electron chi connectivity index (χ1n) is 10.4. The van der Waals surface area contributed by atoms with Crippen molar-refractivity contribution in [3.05, 3.63) is 57.8 Å². The Morgan fingerprint density at radius 3 is 2.80 bits per heavy atom. The van der Waals surface area contributed by atoms with Crippen molar-refractivity contribution in [3.63, 3.8) is 0 Å². The van der Waals surface area contributed by atoms with Crippen LogP contribution in [0.5, 0.6) is 11.5 Å². The first kappa shape index (κ1) is 22.6. The Bertz CT molecular complexity index is 862. The quantitative estimate of drug-likeness (QED) is 0.476. The Balaban J connectivity index is 1.55. The standard InChI is InChI=1S/C23H28BrFN2O3/c1-2-29-21-14-17(15-26-10-6-12-27-11-5-9-22(27)28)13-19(24)23(21)30-16-18-7-3-4-8-20(18)25/h3-4,7-8,13-14,26H,2,5-6,9-12,15-16H2,1H3. The first-order valence-corrected chi connectivity index (χ1v) is 11.2. The Morgan fingerprint density at radius 2 is 2.07 bits per heavy atom. The lowest BCUT2D eigenvalue weighted by molar-refractivity contribution is -0.127. The number of nitrogens with zero attached hydrogens (tertiary/aromatic N) is 1. The van der Waals surface area contributed by atoms with E-state index in [0.717, 1.165) is 42.5 Å². The van der Waals surface area contributed by atoms with Gasteiger partial charge in [-0.1, -0.05) is 18.2 Å². The fourth-order valence-electron chi connectivity index (χ4n) is 3.46. The van der Waals surface area contributed by atoms with Gasteiger partial charge in [0.2, 0.25) is 5.91 Å². The Kier molecular flexibility index (Phi) is 8.51. The maximum atomic E-state index is 13.9. The number of halogens is 2. The molecule has 1 N–H and O–H groups in total. The van der Waals surface area contributed by atoms with Crippen LogP contribution < -0.4 is 14.8 Å². The monoisotopic (exact) mass is 478 g/mol. The van der Waals surface area contributed by atoms with Crippen molar-refractivity contribution in [3.8, 4) is 11.5 Å². The van der Waals surface area contributed by atoms with E-state index in [1.54, 1.807) is 18.2 Å². The molecule has 2 aromatic carbocycles. The highest BCUT2D eigenvalue weighted by Crippen LogP contribution is 2.37. The third-order valence-electron chi connectivity index (χ3n) is 4.98. The number of carbonyl (C=O) groups excluding carboxylic acids is 1. The molecule has 0 unspecified atom stereocenters. The lowest BCUT2D eigenvalue weighted by atomic mass is 10.2. The maximum absolute atomic E-state index is 13.9. The molecule has 0 aliphatic carbocycles. The number of ether oxygens (including phenoxy) is 2. The van der Waals surface area contributed by atoms with Gasteiger partial charge in [0.25, 0.3) is 0 Å². The van der Waals surface area contributed by atoms with Crippen LogP contribution in [0.15, 0.2) is 40.9 Å². The molecule has 0 atom stereocenters. The zero-order chi connectivity index (χ0) is 21.3. The van der Waals surface area contributed by atoms with Crippen molar-refractivity contribution in [1.29, 1.82) is 0 Å². The highest BCUT2D eigenvalue weighted by atomic mass is 79.9. The molecule has 30 heavy (non-hydrogen) atoms. The number of nitrogens with one attached hydrogen (secondary N) is 1. The summed E-state index contributed by atoms with van der Waals surface area (Å²) in [6, 6.07) is 10.5. The molecule has 0 saturated carbocycles. The number of likely N-dealkylation sites (tertiary alicyclic amines) is 1. The van der Waals surface area contributed by atoms with E-state index in [1.165, 1.54) is 6.07 Å². The van der Waals surface area contributed by atoms with Gasteiger partial charge in [-0.2, -0.15) is 0 Å². The lowest BCUT2D eigenvalue weighted by Crippen LogP contribution is -2.28. The molecule has 1 amide bonds. The van der Waals surface area contributed by atoms with Crippen LogP contribution in [0.2, 0.25) is 0 Å². The molecule has 0 spiro atoms. The van der Waals surface area contributed by atoms with Gasteiger partial charge >= 0.3 is 0 Å². The minimum atomic E-state index is -0.289. The third kappa shape index (κ3) is 6.19. The summed E-state index contributed by atoms with van der Waals surface area (Å²) in [4.78, 5) is 13.6. The van der Waals surface area contributed by atoms with Gasteiger partial charge in [0, 0.05) is 31.6 Å². The smallest absolute Gasteiger partial charge is 0.222 e. The van der Waals surface area contributed by atoms with Gasteiger partial charge in [0.15, 0.2) is 11.5 Å². The van der Waals surface area contributed by atoms with Crippen molar-refractivity contribution in [2.75, 3.05) is 26.2 Å². The van der Waals surface area contributed by atoms with Crippen molar-refractivity contribution in [1.82, 2.24) is 10.2 Å². The van der Waals surface area contributed by atoms with E-state index in [1.807, 2.05) is 24.0 Å². The minimum Gasteiger partial charge on any atom is -0.490 e. The molecule has 1 heterocycles. The second-order valence-corrected chi connectivity index (χ2v) is 8.09. The van der Waals surface area contributed by atoms with E-state index in [9.17, 15) is 9.18 Å². The van der Waals surface area contributed by atoms with Crippen LogP contribution in [0.3, 0.4) is 0 Å². The van der Waals surface area contributed by atoms with Crippen molar-refractivity contribution in [2.45, 2.75) is 39.3 Å². The van der Waals surface area contributed by atoms with Crippen molar-refractivity contribution in [2.24, 2.45) is 0 Å². The Hall–Kier alpha value is -2.12. The maximum Gasteiger partial charge on any atom is 0.222 e. The molecule has 1 aliphatic heterocycles. The predicted octanol–water partition coefficient (Wildman–Crippen LogP) is 4.67. The second kappa shape index (κ2) is 11.3. The Labute approximate surface area is 185 Å². The zero-order valence-electron chi connectivity index (χ0n) is 17.3. The third-order valence-corrected chi connectivity index (χ3v) is 5.57. The van der Waals surface area contributed by atoms with Gasteiger partial charge in [0.1, 0.15) is 12.4 Å². The molecular weight excluding hydrogens is 451 g/mol. The van der Waals surface area contributed by atoms with Gasteiger partial charge in [-0.25, -0.2) is 4.39 Å². The lowest BCUT2D eigenvalue weighted by Gasteiger charge is -2.17. The number of hydrogen-bond acceptors (Lipinski definition) is 4. The summed E-state index contributed by atoms with van der Waals surface area (Å²) in [5.41, 5.74) is 1.55. The van der Waals surface area contributed by atoms with Crippen LogP contribution in [0.25, 0.3) is 0 Å². The van der Waals surface area contributed by atoms with Gasteiger partial charge in [-0.15, -0.1) is 0 Å². The highest BCUT2D eigenvalue weighted by molar-refractivity contribution is 9.10. The van der Waals surface area contributed by atoms with Crippen molar-refractivity contribution >= 4 is 21.8 Å². The van der Waals surface area contributed by atoms with Gasteiger partial charge in [-0.3, -0.25) is 4.79 Å². The summed E-state index contributed by atoms with van der Waals surface area (Å²) in [6.07, 6.45) is 2.59. The van der Waals surface area contributed by atoms with Crippen LogP contribution in [0, 0.1) is 5.82 Å². The second-order valence-electron chi connectivity index (χ2n) is 7.23. The van der Waals surface area contributed by atoms with E-state index in [2.05, 4.69) is 21.2 Å². The number of benzene rings is 2. The van der Waals surface area contributed by atoms with Crippen LogP contribution in [-0.4, -0.2) is 37.0 Å². The number of rotatable bonds is 11. The normalized spacial score (nSPS) is 13.7. The minimum absolute atomic E-state index is 0.123. The molecule has 3 rings (SSSR count). The van der Waals surface area contributed by atoms with E-state index >= 15 is 0 Å². The number of hydrogen-bond donors (Lipinski definition) is 1. The fraction of sp³-hybridized carbons (Fsp3) is 0.435. The zero-order valence-corrected chi connectivity index (χ0v) is 18.8. The molecule has 0 radical (unpaired) electrons. The van der Waals surface area contributed by atoms with E-state index in [4.69, 9.17) is 9.47 Å². The van der Waals surface area contributed by atoms with Gasteiger partial charge in [-0.05, 0) is 66.0 Å². The fourth-order valence-corrected chi connectivity index (χ4v) is 4.06. The topological polar surface area (TPSA) is 50.8 Å². The van der Waals surface area contributed by atoms with Crippen LogP contribution in [-0.2, 0) is 17.9 Å². The summed E-state index contributed by atoms with van der Waals surface area (Å²) in [6.45, 7) is 5.75. The molecule has 1 fully saturated rings. The largest absolute Gasteiger partial charge is 0.490 e.